The number of aromatic nitrogens is 1. The number of carbonyl (C=O) groups excluding carboxylic acids is 3. The van der Waals surface area contributed by atoms with Gasteiger partial charge in [-0.15, -0.1) is 0 Å². The van der Waals surface area contributed by atoms with Crippen molar-refractivity contribution in [1.29, 1.82) is 0 Å². The monoisotopic (exact) mass is 1180 g/mol. The third kappa shape index (κ3) is 7.40. The molecule has 11 bridgehead atoms. The topological polar surface area (TPSA) is 258 Å². The Hall–Kier alpha value is -4.13. The largest absolute Gasteiger partial charge is 0.455 e. The minimum atomic E-state index is -1.83. The summed E-state index contributed by atoms with van der Waals surface area (Å²) in [5.41, 5.74) is -3.13. The zero-order valence-corrected chi connectivity index (χ0v) is 51.1. The highest BCUT2D eigenvalue weighted by Gasteiger charge is 2.92. The van der Waals surface area contributed by atoms with Crippen LogP contribution in [-0.4, -0.2) is 216 Å². The van der Waals surface area contributed by atoms with E-state index in [0.29, 0.717) is 69.5 Å². The van der Waals surface area contributed by atoms with Crippen LogP contribution in [0.3, 0.4) is 0 Å². The number of aryl methyl sites for hydroxylation is 2. The number of nitrogens with one attached hydrogen (secondary N) is 1. The molecule has 2 unspecified atom stereocenters. The maximum absolute atomic E-state index is 13.8. The summed E-state index contributed by atoms with van der Waals surface area (Å²) < 4.78 is 57.3. The Labute approximate surface area is 497 Å². The number of ether oxygens (including phenoxy) is 9. The predicted octanol–water partition coefficient (Wildman–Crippen LogP) is 4.20. The third-order valence-corrected chi connectivity index (χ3v) is 24.8. The second-order valence-corrected chi connectivity index (χ2v) is 28.0. The van der Waals surface area contributed by atoms with Gasteiger partial charge in [-0.1, -0.05) is 44.2 Å². The molecule has 0 radical (unpaired) electrons. The Morgan fingerprint density at radius 2 is 1.66 bits per heavy atom. The van der Waals surface area contributed by atoms with E-state index in [-0.39, 0.29) is 42.3 Å². The number of carbonyl (C=O) groups is 3. The van der Waals surface area contributed by atoms with E-state index in [1.807, 2.05) is 33.9 Å². The molecular weight excluding hydrogens is 1090 g/mol. The molecule has 5 heterocycles. The average Bonchev–Trinajstić information content (AvgIpc) is 1.51. The molecule has 9 aliphatic carbocycles. The number of allylic oxidation sites excluding steroid dienone is 1. The lowest BCUT2D eigenvalue weighted by molar-refractivity contribution is -0.401. The number of likely N-dealkylation sites (tertiary alicyclic amines) is 1. The lowest BCUT2D eigenvalue weighted by atomic mass is 9.41. The summed E-state index contributed by atoms with van der Waals surface area (Å²) in [7, 11) is 8.36. The molecule has 11 fully saturated rings. The highest BCUT2D eigenvalue weighted by Crippen LogP contribution is 2.81. The van der Waals surface area contributed by atoms with Crippen LogP contribution in [-0.2, 0) is 47.4 Å². The zero-order chi connectivity index (χ0) is 60.6. The number of rotatable bonds is 12. The van der Waals surface area contributed by atoms with E-state index in [1.165, 1.54) is 14.0 Å². The van der Waals surface area contributed by atoms with Crippen molar-refractivity contribution in [3.8, 4) is 0 Å². The summed E-state index contributed by atoms with van der Waals surface area (Å²) in [5.74, 6) is -4.95. The first-order valence-corrected chi connectivity index (χ1v) is 31.0. The summed E-state index contributed by atoms with van der Waals surface area (Å²) in [6.07, 6.45) is 3.40. The van der Waals surface area contributed by atoms with E-state index in [4.69, 9.17) is 42.6 Å². The molecule has 2 spiro atoms. The second kappa shape index (κ2) is 20.2. The van der Waals surface area contributed by atoms with E-state index in [9.17, 15) is 39.9 Å². The van der Waals surface area contributed by atoms with Crippen molar-refractivity contribution < 1.29 is 82.5 Å². The fraction of sp³-hybridized carbons (Fsp3) is 0.738. The molecule has 6 N–H and O–H groups in total. The number of fused-ring (bicyclic) bond motifs is 3. The van der Waals surface area contributed by atoms with Gasteiger partial charge in [-0.2, -0.15) is 0 Å². The highest BCUT2D eigenvalue weighted by molar-refractivity contribution is 5.92. The first-order valence-electron chi connectivity index (χ1n) is 31.0. The van der Waals surface area contributed by atoms with E-state index >= 15 is 0 Å². The van der Waals surface area contributed by atoms with Gasteiger partial charge in [-0.05, 0) is 107 Å². The minimum absolute atomic E-state index is 0.0791. The van der Waals surface area contributed by atoms with Crippen LogP contribution in [0.15, 0.2) is 59.8 Å². The SMILES string of the molecule is CCN1C[C@]2(COC)[C@H](O)C[C@H](OC)[C@]34C1[C@H]([C@H](OC)[C@H]23)[C@]1(OC(C)=O)[C@H]2[C@@H](OC(=O)c3ccccc3)[C@](O)(C[C@H]24)[C@@H](OC)[C@@H]1O.Cc1c[nH]c(C)c1C(=O)OC(C)C1=CC[C@@]23OCCN(C)C[C@@]12C[C@@H](O)[C@]12O[C@@]4(O)CC[C@@]1(C)[C@H](CC=C32)C4. The van der Waals surface area contributed by atoms with Crippen molar-refractivity contribution in [3.63, 3.8) is 0 Å². The molecule has 0 amide bonds. The number of aliphatic hydroxyl groups is 5. The van der Waals surface area contributed by atoms with Crippen LogP contribution in [0.25, 0.3) is 0 Å². The fourth-order valence-corrected chi connectivity index (χ4v) is 22.2. The van der Waals surface area contributed by atoms with Gasteiger partial charge in [0.25, 0.3) is 0 Å². The van der Waals surface area contributed by atoms with Gasteiger partial charge in [0, 0.05) is 132 Å². The lowest BCUT2D eigenvalue weighted by Crippen LogP contribution is -2.81. The van der Waals surface area contributed by atoms with Crippen molar-refractivity contribution >= 4 is 17.9 Å². The smallest absolute Gasteiger partial charge is 0.340 e. The first-order chi connectivity index (χ1) is 40.4. The quantitative estimate of drug-likeness (QED) is 0.0989. The number of methoxy groups -OCH3 is 4. The molecule has 20 heteroatoms. The number of aromatic amines is 1. The Morgan fingerprint density at radius 1 is 0.906 bits per heavy atom. The van der Waals surface area contributed by atoms with Crippen LogP contribution in [0.5, 0.6) is 0 Å². The van der Waals surface area contributed by atoms with Crippen molar-refractivity contribution in [3.05, 3.63) is 82.2 Å². The molecule has 4 saturated heterocycles. The van der Waals surface area contributed by atoms with Crippen LogP contribution in [0, 0.1) is 65.1 Å². The highest BCUT2D eigenvalue weighted by atomic mass is 16.7. The van der Waals surface area contributed by atoms with Crippen molar-refractivity contribution in [1.82, 2.24) is 14.8 Å². The minimum Gasteiger partial charge on any atom is -0.455 e. The normalized spacial score (nSPS) is 47.8. The standard InChI is InChI=1S/C34H47NO11.C31H42N2O6/c1-7-35-15-31(16-41-3)20(37)13-21(42-4)33-19-14-32(40)28(45-30(39)18-11-9-8-10-12-18)22(19)34(46-17(2)36,27(38)29(32)44-6)23(26(33)35)24(43-5)25(31)33;1-18-16-32-19(2)25(18)26(35)38-20(3)22-8-9-30-23-7-6-21-14-29(36)11-10-27(21,4)31(23,39-29)24(34)15-28(22,30)17-33(5)12-13-37-30/h8-12,19-29,37-38,40H,7,13-16H2,1-6H3;7-8,16,20-21,24,32,34,36H,6,9-15,17H2,1-5H3/t19-,20-,21+,22-,23+,24+,25-,26?,27+,28-,29+,31+,32-,33+,34-;20?,21-,24-,27+,28+,29+,30+,31+/m11/s1. The number of esters is 3. The number of benzene rings is 1. The zero-order valence-electron chi connectivity index (χ0n) is 51.1. The number of hydrogen-bond acceptors (Lipinski definition) is 19. The molecule has 23 atom stereocenters. The fourth-order valence-electron chi connectivity index (χ4n) is 22.2. The molecule has 13 aliphatic rings. The molecule has 4 aliphatic heterocycles. The van der Waals surface area contributed by atoms with Gasteiger partial charge in [-0.3, -0.25) is 9.69 Å². The van der Waals surface area contributed by atoms with Gasteiger partial charge < -0.3 is 78.0 Å². The van der Waals surface area contributed by atoms with Gasteiger partial charge in [-0.25, -0.2) is 9.59 Å². The first kappa shape index (κ1) is 59.8. The van der Waals surface area contributed by atoms with E-state index in [1.54, 1.807) is 51.7 Å². The summed E-state index contributed by atoms with van der Waals surface area (Å²) in [6.45, 7) is 14.7. The third-order valence-electron chi connectivity index (χ3n) is 24.8. The van der Waals surface area contributed by atoms with Gasteiger partial charge in [0.15, 0.2) is 11.4 Å². The van der Waals surface area contributed by atoms with Crippen molar-refractivity contribution in [2.24, 2.45) is 51.2 Å². The number of aliphatic hydroxyl groups excluding tert-OH is 3. The molecule has 1 aromatic heterocycles. The predicted molar refractivity (Wildman–Crippen MR) is 304 cm³/mol. The van der Waals surface area contributed by atoms with Crippen molar-refractivity contribution in [2.45, 2.75) is 176 Å². The number of H-pyrrole nitrogens is 1. The molecule has 20 nitrogen and oxygen atoms in total. The van der Waals surface area contributed by atoms with Crippen LogP contribution >= 0.6 is 0 Å². The van der Waals surface area contributed by atoms with Crippen molar-refractivity contribution in [2.75, 3.05) is 74.9 Å². The second-order valence-electron chi connectivity index (χ2n) is 28.0. The molecule has 466 valence electrons. The van der Waals surface area contributed by atoms with Crippen LogP contribution in [0.4, 0.5) is 0 Å². The number of nitrogens with zero attached hydrogens (tertiary/aromatic N) is 2. The van der Waals surface area contributed by atoms with Crippen LogP contribution in [0.2, 0.25) is 0 Å². The van der Waals surface area contributed by atoms with E-state index in [0.717, 1.165) is 41.8 Å². The Balaban J connectivity index is 0.000000160. The summed E-state index contributed by atoms with van der Waals surface area (Å²) in [4.78, 5) is 48.0. The van der Waals surface area contributed by atoms with Gasteiger partial charge in [0.05, 0.1) is 48.8 Å². The Morgan fingerprint density at radius 3 is 2.32 bits per heavy atom. The molecule has 7 saturated carbocycles. The maximum Gasteiger partial charge on any atom is 0.340 e. The summed E-state index contributed by atoms with van der Waals surface area (Å²) >= 11 is 0. The van der Waals surface area contributed by atoms with Crippen LogP contribution in [0.1, 0.15) is 111 Å². The number of piperidine rings is 1. The summed E-state index contributed by atoms with van der Waals surface area (Å²) in [5, 5.41) is 61.1. The van der Waals surface area contributed by atoms with Gasteiger partial charge >= 0.3 is 17.9 Å². The number of likely N-dealkylation sites (N-methyl/N-ethyl adjacent to an activating group) is 1. The maximum atomic E-state index is 13.8. The molecule has 15 rings (SSSR count). The molecule has 2 aromatic rings. The van der Waals surface area contributed by atoms with E-state index in [2.05, 4.69) is 40.9 Å². The van der Waals surface area contributed by atoms with Crippen LogP contribution < -0.4 is 0 Å². The molecule has 85 heavy (non-hydrogen) atoms. The Bertz CT molecular complexity index is 3050. The number of hydrogen-bond donors (Lipinski definition) is 6. The van der Waals surface area contributed by atoms with E-state index < -0.39 is 123 Å². The van der Waals surface area contributed by atoms with Gasteiger partial charge in [0.2, 0.25) is 0 Å². The lowest BCUT2D eigenvalue weighted by Gasteiger charge is -2.73. The Kier molecular flexibility index (Phi) is 14.2. The molecule has 1 aromatic carbocycles. The average molecular weight is 1180 g/mol. The molecular formula is C65H89N3O17. The van der Waals surface area contributed by atoms with Gasteiger partial charge in [0.1, 0.15) is 41.2 Å². The summed E-state index contributed by atoms with van der Waals surface area (Å²) in [6, 6.07) is 8.18.